The van der Waals surface area contributed by atoms with Crippen LogP contribution in [-0.4, -0.2) is 32.8 Å². The number of hydrogen-bond donors (Lipinski definition) is 1. The van der Waals surface area contributed by atoms with Crippen molar-refractivity contribution < 1.29 is 39.5 Å². The second kappa shape index (κ2) is 9.10. The molecule has 0 saturated carbocycles. The van der Waals surface area contributed by atoms with Gasteiger partial charge in [0.25, 0.3) is 0 Å². The van der Waals surface area contributed by atoms with Crippen LogP contribution in [0, 0.1) is 0 Å². The second-order valence-corrected chi connectivity index (χ2v) is 8.51. The van der Waals surface area contributed by atoms with Gasteiger partial charge < -0.3 is 10.2 Å². The normalized spacial score (nSPS) is 17.4. The maximum atomic E-state index is 13.6. The summed E-state index contributed by atoms with van der Waals surface area (Å²) < 4.78 is 122. The van der Waals surface area contributed by atoms with E-state index in [-0.39, 0.29) is 29.8 Å². The van der Waals surface area contributed by atoms with Crippen LogP contribution in [0.3, 0.4) is 0 Å². The van der Waals surface area contributed by atoms with Crippen molar-refractivity contribution in [3.8, 4) is 0 Å². The van der Waals surface area contributed by atoms with Crippen LogP contribution in [-0.2, 0) is 25.6 Å². The molecule has 200 valence electrons. The molecule has 1 N–H and O–H groups in total. The topological polar surface area (TPSA) is 58.9 Å². The lowest BCUT2D eigenvalue weighted by atomic mass is 9.95. The molecule has 3 aromatic rings. The van der Waals surface area contributed by atoms with Crippen molar-refractivity contribution >= 4 is 11.4 Å². The Hall–Kier alpha value is -3.52. The molecule has 0 fully saturated rings. The first-order chi connectivity index (χ1) is 17.1. The maximum Gasteiger partial charge on any atom is 0.416 e. The standard InChI is InChI=1S/C22H19F9N6/c1-3-15-10-37(17-9-12(20(23,24)25)4-5-16(17)32-15)18(19-33-35-36(2)34-19)11-6-13(21(26,27)28)8-14(7-11)22(29,30)31/h4-9,15,18,32H,3,10H2,1-2H3/t15-,18?/m0/s1. The number of aryl methyl sites for hydroxylation is 1. The number of tetrazole rings is 1. The molecular formula is C22H19F9N6. The largest absolute Gasteiger partial charge is 0.416 e. The van der Waals surface area contributed by atoms with Crippen molar-refractivity contribution in [1.82, 2.24) is 20.2 Å². The first kappa shape index (κ1) is 26.5. The third kappa shape index (κ3) is 5.44. The predicted octanol–water partition coefficient (Wildman–Crippen LogP) is 6.07. The maximum absolute atomic E-state index is 13.6. The molecule has 2 aromatic carbocycles. The summed E-state index contributed by atoms with van der Waals surface area (Å²) in [5.41, 5.74) is -4.55. The minimum atomic E-state index is -5.13. The Morgan fingerprint density at radius 3 is 1.97 bits per heavy atom. The van der Waals surface area contributed by atoms with Gasteiger partial charge in [0.2, 0.25) is 5.82 Å². The molecule has 1 aliphatic rings. The summed E-state index contributed by atoms with van der Waals surface area (Å²) in [7, 11) is 1.34. The van der Waals surface area contributed by atoms with E-state index in [9.17, 15) is 39.5 Å². The average molecular weight is 538 g/mol. The number of nitrogens with zero attached hydrogens (tertiary/aromatic N) is 5. The summed E-state index contributed by atoms with van der Waals surface area (Å²) >= 11 is 0. The summed E-state index contributed by atoms with van der Waals surface area (Å²) in [5.74, 6) is -0.282. The number of alkyl halides is 9. The third-order valence-corrected chi connectivity index (χ3v) is 5.91. The Bertz CT molecular complexity index is 1250. The van der Waals surface area contributed by atoms with Gasteiger partial charge in [-0.15, -0.1) is 10.2 Å². The van der Waals surface area contributed by atoms with E-state index in [4.69, 9.17) is 0 Å². The lowest BCUT2D eigenvalue weighted by Crippen LogP contribution is -2.44. The number of hydrogen-bond acceptors (Lipinski definition) is 5. The lowest BCUT2D eigenvalue weighted by molar-refractivity contribution is -0.143. The van der Waals surface area contributed by atoms with Crippen molar-refractivity contribution in [3.05, 3.63) is 64.5 Å². The highest BCUT2D eigenvalue weighted by Gasteiger charge is 2.41. The minimum absolute atomic E-state index is 0.0209. The Labute approximate surface area is 204 Å². The number of nitrogens with one attached hydrogen (secondary N) is 1. The number of benzene rings is 2. The van der Waals surface area contributed by atoms with E-state index in [0.717, 1.165) is 16.9 Å². The summed E-state index contributed by atoms with van der Waals surface area (Å²) in [4.78, 5) is 2.23. The van der Waals surface area contributed by atoms with Crippen LogP contribution in [0.1, 0.15) is 47.5 Å². The third-order valence-electron chi connectivity index (χ3n) is 5.91. The molecule has 2 heterocycles. The van der Waals surface area contributed by atoms with Crippen molar-refractivity contribution in [1.29, 1.82) is 0 Å². The van der Waals surface area contributed by atoms with E-state index in [0.29, 0.717) is 18.6 Å². The highest BCUT2D eigenvalue weighted by Crippen LogP contribution is 2.44. The van der Waals surface area contributed by atoms with Gasteiger partial charge in [0, 0.05) is 12.6 Å². The summed E-state index contributed by atoms with van der Waals surface area (Å²) in [6.45, 7) is 1.71. The molecule has 4 rings (SSSR count). The SMILES string of the molecule is CC[C@H]1CN(C(c2cc(C(F)(F)F)cc(C(F)(F)F)c2)c2nnn(C)n2)c2cc(C(F)(F)F)ccc2N1. The Balaban J connectivity index is 1.99. The molecule has 1 unspecified atom stereocenters. The molecule has 0 saturated heterocycles. The minimum Gasteiger partial charge on any atom is -0.379 e. The molecule has 37 heavy (non-hydrogen) atoms. The molecule has 15 heteroatoms. The van der Waals surface area contributed by atoms with E-state index in [1.54, 1.807) is 6.92 Å². The van der Waals surface area contributed by atoms with Gasteiger partial charge in [-0.25, -0.2) is 0 Å². The fourth-order valence-electron chi connectivity index (χ4n) is 4.16. The van der Waals surface area contributed by atoms with E-state index < -0.39 is 52.9 Å². The second-order valence-electron chi connectivity index (χ2n) is 8.51. The van der Waals surface area contributed by atoms with Crippen LogP contribution in [0.4, 0.5) is 50.9 Å². The zero-order chi connectivity index (χ0) is 27.3. The van der Waals surface area contributed by atoms with Crippen molar-refractivity contribution in [2.45, 2.75) is 44.0 Å². The number of anilines is 2. The number of halogens is 9. The van der Waals surface area contributed by atoms with Crippen molar-refractivity contribution in [3.63, 3.8) is 0 Å². The number of fused-ring (bicyclic) bond motifs is 1. The van der Waals surface area contributed by atoms with Gasteiger partial charge in [-0.3, -0.25) is 0 Å². The Morgan fingerprint density at radius 1 is 0.892 bits per heavy atom. The molecule has 0 bridgehead atoms. The van der Waals surface area contributed by atoms with Crippen LogP contribution in [0.2, 0.25) is 0 Å². The molecule has 0 amide bonds. The van der Waals surface area contributed by atoms with Gasteiger partial charge in [-0.05, 0) is 53.6 Å². The van der Waals surface area contributed by atoms with Gasteiger partial charge >= 0.3 is 18.5 Å². The monoisotopic (exact) mass is 538 g/mol. The summed E-state index contributed by atoms with van der Waals surface area (Å²) in [6, 6.07) is 1.90. The molecule has 0 spiro atoms. The van der Waals surface area contributed by atoms with Gasteiger partial charge in [-0.1, -0.05) is 6.92 Å². The number of aromatic nitrogens is 4. The van der Waals surface area contributed by atoms with E-state index in [1.165, 1.54) is 18.0 Å². The molecule has 0 aliphatic carbocycles. The highest BCUT2D eigenvalue weighted by molar-refractivity contribution is 5.75. The van der Waals surface area contributed by atoms with Gasteiger partial charge in [0.1, 0.15) is 6.04 Å². The van der Waals surface area contributed by atoms with Crippen molar-refractivity contribution in [2.75, 3.05) is 16.8 Å². The molecule has 2 atom stereocenters. The van der Waals surface area contributed by atoms with Crippen molar-refractivity contribution in [2.24, 2.45) is 7.05 Å². The molecule has 1 aliphatic heterocycles. The van der Waals surface area contributed by atoms with Crippen LogP contribution >= 0.6 is 0 Å². The molecule has 6 nitrogen and oxygen atoms in total. The lowest BCUT2D eigenvalue weighted by Gasteiger charge is -2.41. The molecule has 0 radical (unpaired) electrons. The Kier molecular flexibility index (Phi) is 6.53. The first-order valence-corrected chi connectivity index (χ1v) is 10.9. The van der Waals surface area contributed by atoms with Crippen LogP contribution in [0.5, 0.6) is 0 Å². The summed E-state index contributed by atoms with van der Waals surface area (Å²) in [5, 5.41) is 14.5. The van der Waals surface area contributed by atoms with Crippen LogP contribution < -0.4 is 10.2 Å². The average Bonchev–Trinajstić information content (AvgIpc) is 3.22. The van der Waals surface area contributed by atoms with Gasteiger partial charge in [0.15, 0.2) is 0 Å². The zero-order valence-electron chi connectivity index (χ0n) is 19.2. The fourth-order valence-corrected chi connectivity index (χ4v) is 4.16. The fraction of sp³-hybridized carbons (Fsp3) is 0.409. The van der Waals surface area contributed by atoms with E-state index in [2.05, 4.69) is 20.7 Å². The zero-order valence-corrected chi connectivity index (χ0v) is 19.2. The molecular weight excluding hydrogens is 519 g/mol. The first-order valence-electron chi connectivity index (χ1n) is 10.9. The Morgan fingerprint density at radius 2 is 1.49 bits per heavy atom. The smallest absolute Gasteiger partial charge is 0.379 e. The summed E-state index contributed by atoms with van der Waals surface area (Å²) in [6.07, 6.45) is -14.6. The van der Waals surface area contributed by atoms with Gasteiger partial charge in [0.05, 0.1) is 35.1 Å². The highest BCUT2D eigenvalue weighted by atomic mass is 19.4. The predicted molar refractivity (Wildman–Crippen MR) is 114 cm³/mol. The van der Waals surface area contributed by atoms with E-state index in [1.807, 2.05) is 0 Å². The quantitative estimate of drug-likeness (QED) is 0.409. The van der Waals surface area contributed by atoms with Crippen LogP contribution in [0.15, 0.2) is 36.4 Å². The van der Waals surface area contributed by atoms with Gasteiger partial charge in [-0.2, -0.15) is 44.3 Å². The van der Waals surface area contributed by atoms with E-state index >= 15 is 0 Å². The molecule has 1 aromatic heterocycles. The van der Waals surface area contributed by atoms with Crippen LogP contribution in [0.25, 0.3) is 0 Å². The number of rotatable bonds is 4.